The van der Waals surface area contributed by atoms with E-state index in [0.717, 1.165) is 37.7 Å². The molecule has 1 aromatic carbocycles. The van der Waals surface area contributed by atoms with Crippen LogP contribution in [0.4, 0.5) is 10.5 Å². The van der Waals surface area contributed by atoms with E-state index in [9.17, 15) is 4.79 Å². The second-order valence-corrected chi connectivity index (χ2v) is 7.59. The van der Waals surface area contributed by atoms with Gasteiger partial charge in [0.05, 0.1) is 6.26 Å². The lowest BCUT2D eigenvalue weighted by molar-refractivity contribution is 0.0636. The molecule has 0 saturated heterocycles. The molecule has 1 heterocycles. The van der Waals surface area contributed by atoms with E-state index in [1.165, 1.54) is 5.56 Å². The monoisotopic (exact) mass is 400 g/mol. The van der Waals surface area contributed by atoms with Crippen molar-refractivity contribution >= 4 is 17.7 Å². The number of nitrogens with one attached hydrogen (secondary N) is 3. The molecule has 0 spiro atoms. The number of carbonyl (C=O) groups excluding carboxylic acids is 1. The highest BCUT2D eigenvalue weighted by molar-refractivity contribution is 5.84. The zero-order chi connectivity index (χ0) is 21.1. The molecule has 0 saturated carbocycles. The zero-order valence-corrected chi connectivity index (χ0v) is 17.7. The third-order valence-corrected chi connectivity index (χ3v) is 3.86. The third kappa shape index (κ3) is 9.19. The van der Waals surface area contributed by atoms with Crippen molar-refractivity contribution in [2.24, 2.45) is 4.99 Å². The molecule has 2 aromatic rings. The summed E-state index contributed by atoms with van der Waals surface area (Å²) in [5.74, 6) is 1.73. The fourth-order valence-corrected chi connectivity index (χ4v) is 2.58. The maximum absolute atomic E-state index is 11.8. The van der Waals surface area contributed by atoms with Crippen molar-refractivity contribution in [1.82, 2.24) is 10.6 Å². The molecule has 158 valence electrons. The predicted octanol–water partition coefficient (Wildman–Crippen LogP) is 3.97. The minimum Gasteiger partial charge on any atom is -0.469 e. The van der Waals surface area contributed by atoms with Crippen LogP contribution in [0.3, 0.4) is 0 Å². The molecule has 0 aliphatic heterocycles. The quantitative estimate of drug-likeness (QED) is 0.461. The van der Waals surface area contributed by atoms with Gasteiger partial charge in [0.1, 0.15) is 11.4 Å². The Bertz CT molecular complexity index is 762. The van der Waals surface area contributed by atoms with Crippen LogP contribution in [-0.4, -0.2) is 37.3 Å². The first kappa shape index (κ1) is 22.3. The lowest BCUT2D eigenvalue weighted by atomic mass is 10.1. The molecule has 0 bridgehead atoms. The van der Waals surface area contributed by atoms with Crippen molar-refractivity contribution in [3.8, 4) is 0 Å². The van der Waals surface area contributed by atoms with Crippen LogP contribution in [0, 0.1) is 0 Å². The molecule has 1 amide bonds. The lowest BCUT2D eigenvalue weighted by Gasteiger charge is -2.19. The van der Waals surface area contributed by atoms with Gasteiger partial charge >= 0.3 is 6.09 Å². The van der Waals surface area contributed by atoms with Crippen LogP contribution in [0.1, 0.15) is 39.0 Å². The van der Waals surface area contributed by atoms with Crippen LogP contribution in [0.25, 0.3) is 0 Å². The van der Waals surface area contributed by atoms with Gasteiger partial charge in [-0.2, -0.15) is 0 Å². The van der Waals surface area contributed by atoms with Gasteiger partial charge in [-0.05, 0) is 63.9 Å². The second kappa shape index (κ2) is 11.1. The summed E-state index contributed by atoms with van der Waals surface area (Å²) in [6.45, 7) is 9.77. The number of nitrogens with zero attached hydrogens (tertiary/aromatic N) is 1. The van der Waals surface area contributed by atoms with Crippen molar-refractivity contribution in [3.63, 3.8) is 0 Å². The zero-order valence-electron chi connectivity index (χ0n) is 17.7. The number of guanidine groups is 1. The number of anilines is 1. The van der Waals surface area contributed by atoms with Crippen LogP contribution >= 0.6 is 0 Å². The van der Waals surface area contributed by atoms with Gasteiger partial charge in [-0.15, -0.1) is 0 Å². The summed E-state index contributed by atoms with van der Waals surface area (Å²) in [7, 11) is 0. The number of rotatable bonds is 8. The summed E-state index contributed by atoms with van der Waals surface area (Å²) in [5, 5.41) is 9.32. The SMILES string of the molecule is CCNC(=NCCc1ccco1)NCCc1ccc(NC(=O)OC(C)(C)C)cc1. The minimum absolute atomic E-state index is 0.451. The summed E-state index contributed by atoms with van der Waals surface area (Å²) in [5.41, 5.74) is 1.36. The highest BCUT2D eigenvalue weighted by Crippen LogP contribution is 2.13. The Kier molecular flexibility index (Phi) is 8.58. The Morgan fingerprint density at radius 2 is 1.86 bits per heavy atom. The molecule has 0 aliphatic carbocycles. The van der Waals surface area contributed by atoms with E-state index >= 15 is 0 Å². The van der Waals surface area contributed by atoms with Gasteiger partial charge in [-0.1, -0.05) is 12.1 Å². The van der Waals surface area contributed by atoms with Gasteiger partial charge in [0.15, 0.2) is 5.96 Å². The molecule has 2 rings (SSSR count). The van der Waals surface area contributed by atoms with Crippen molar-refractivity contribution in [2.75, 3.05) is 25.0 Å². The Morgan fingerprint density at radius 1 is 1.10 bits per heavy atom. The number of hydrogen-bond donors (Lipinski definition) is 3. The van der Waals surface area contributed by atoms with Crippen LogP contribution < -0.4 is 16.0 Å². The maximum Gasteiger partial charge on any atom is 0.412 e. The molecular weight excluding hydrogens is 368 g/mol. The summed E-state index contributed by atoms with van der Waals surface area (Å²) < 4.78 is 10.6. The normalized spacial score (nSPS) is 11.8. The van der Waals surface area contributed by atoms with Crippen LogP contribution in [0.15, 0.2) is 52.1 Å². The topological polar surface area (TPSA) is 87.9 Å². The van der Waals surface area contributed by atoms with E-state index in [4.69, 9.17) is 9.15 Å². The molecule has 29 heavy (non-hydrogen) atoms. The number of ether oxygens (including phenoxy) is 1. The summed E-state index contributed by atoms with van der Waals surface area (Å²) in [4.78, 5) is 16.4. The molecular formula is C22H32N4O3. The molecule has 0 radical (unpaired) electrons. The predicted molar refractivity (Wildman–Crippen MR) is 116 cm³/mol. The Balaban J connectivity index is 1.76. The molecule has 0 fully saturated rings. The van der Waals surface area contributed by atoms with Gasteiger partial charge in [-0.3, -0.25) is 10.3 Å². The van der Waals surface area contributed by atoms with E-state index < -0.39 is 11.7 Å². The highest BCUT2D eigenvalue weighted by Gasteiger charge is 2.16. The third-order valence-electron chi connectivity index (χ3n) is 3.86. The number of amides is 1. The van der Waals surface area contributed by atoms with Gasteiger partial charge in [0, 0.05) is 31.7 Å². The number of carbonyl (C=O) groups is 1. The van der Waals surface area contributed by atoms with Crippen molar-refractivity contribution in [1.29, 1.82) is 0 Å². The number of benzene rings is 1. The molecule has 7 nitrogen and oxygen atoms in total. The number of aliphatic imine (C=N–C) groups is 1. The Labute approximate surface area is 172 Å². The molecule has 0 atom stereocenters. The molecule has 1 aromatic heterocycles. The molecule has 7 heteroatoms. The van der Waals surface area contributed by atoms with E-state index in [1.807, 2.05) is 64.1 Å². The van der Waals surface area contributed by atoms with Gasteiger partial charge in [0.2, 0.25) is 0 Å². The van der Waals surface area contributed by atoms with Gasteiger partial charge in [0.25, 0.3) is 0 Å². The number of furan rings is 1. The van der Waals surface area contributed by atoms with E-state index in [2.05, 4.69) is 20.9 Å². The Morgan fingerprint density at radius 3 is 2.48 bits per heavy atom. The fraction of sp³-hybridized carbons (Fsp3) is 0.455. The summed E-state index contributed by atoms with van der Waals surface area (Å²) in [6, 6.07) is 11.6. The van der Waals surface area contributed by atoms with E-state index in [1.54, 1.807) is 6.26 Å². The average molecular weight is 401 g/mol. The molecule has 0 aliphatic rings. The smallest absolute Gasteiger partial charge is 0.412 e. The number of hydrogen-bond acceptors (Lipinski definition) is 4. The molecule has 0 unspecified atom stereocenters. The fourth-order valence-electron chi connectivity index (χ4n) is 2.58. The minimum atomic E-state index is -0.514. The molecule has 3 N–H and O–H groups in total. The lowest BCUT2D eigenvalue weighted by Crippen LogP contribution is -2.38. The van der Waals surface area contributed by atoms with E-state index in [0.29, 0.717) is 12.2 Å². The first-order valence-electron chi connectivity index (χ1n) is 9.99. The largest absolute Gasteiger partial charge is 0.469 e. The van der Waals surface area contributed by atoms with Crippen molar-refractivity contribution in [2.45, 2.75) is 46.1 Å². The average Bonchev–Trinajstić information content (AvgIpc) is 3.15. The summed E-state index contributed by atoms with van der Waals surface area (Å²) in [6.07, 6.45) is 2.84. The van der Waals surface area contributed by atoms with Crippen LogP contribution in [0.5, 0.6) is 0 Å². The summed E-state index contributed by atoms with van der Waals surface area (Å²) >= 11 is 0. The van der Waals surface area contributed by atoms with Gasteiger partial charge < -0.3 is 19.8 Å². The Hall–Kier alpha value is -2.96. The van der Waals surface area contributed by atoms with Crippen LogP contribution in [0.2, 0.25) is 0 Å². The second-order valence-electron chi connectivity index (χ2n) is 7.59. The van der Waals surface area contributed by atoms with E-state index in [-0.39, 0.29) is 0 Å². The highest BCUT2D eigenvalue weighted by atomic mass is 16.6. The maximum atomic E-state index is 11.8. The first-order chi connectivity index (χ1) is 13.9. The van der Waals surface area contributed by atoms with Crippen LogP contribution in [-0.2, 0) is 17.6 Å². The van der Waals surface area contributed by atoms with Gasteiger partial charge in [-0.25, -0.2) is 4.79 Å². The first-order valence-corrected chi connectivity index (χ1v) is 9.99. The standard InChI is InChI=1S/C22H32N4O3/c1-5-23-20(25-15-13-19-7-6-16-28-19)24-14-12-17-8-10-18(11-9-17)26-21(27)29-22(2,3)4/h6-11,16H,5,12-15H2,1-4H3,(H,26,27)(H2,23,24,25). The van der Waals surface area contributed by atoms with Crippen molar-refractivity contribution in [3.05, 3.63) is 54.0 Å². The van der Waals surface area contributed by atoms with Crippen molar-refractivity contribution < 1.29 is 13.9 Å².